The quantitative estimate of drug-likeness (QED) is 0.515. The van der Waals surface area contributed by atoms with E-state index in [-0.39, 0.29) is 18.2 Å². The van der Waals surface area contributed by atoms with E-state index in [1.807, 2.05) is 58.9 Å². The van der Waals surface area contributed by atoms with Crippen molar-refractivity contribution in [2.75, 3.05) is 6.61 Å². The highest BCUT2D eigenvalue weighted by Crippen LogP contribution is 2.27. The number of hydrogen-bond acceptors (Lipinski definition) is 4. The first-order valence-electron chi connectivity index (χ1n) is 8.38. The summed E-state index contributed by atoms with van der Waals surface area (Å²) in [4.78, 5) is 12.4. The van der Waals surface area contributed by atoms with Crippen LogP contribution >= 0.6 is 0 Å². The summed E-state index contributed by atoms with van der Waals surface area (Å²) in [5.74, 6) is 0.322. The zero-order chi connectivity index (χ0) is 17.5. The van der Waals surface area contributed by atoms with Crippen LogP contribution in [0.4, 0.5) is 0 Å². The van der Waals surface area contributed by atoms with E-state index in [1.165, 1.54) is 0 Å². The Balaban J connectivity index is 2.82. The summed E-state index contributed by atoms with van der Waals surface area (Å²) in [6.45, 7) is 12.1. The second-order valence-corrected chi connectivity index (χ2v) is 6.58. The fourth-order valence-corrected chi connectivity index (χ4v) is 2.32. The van der Waals surface area contributed by atoms with E-state index in [0.29, 0.717) is 6.61 Å². The molecule has 4 heteroatoms. The highest BCUT2D eigenvalue weighted by molar-refractivity contribution is 5.78. The van der Waals surface area contributed by atoms with Crippen molar-refractivity contribution in [2.45, 2.75) is 72.2 Å². The van der Waals surface area contributed by atoms with Crippen LogP contribution in [0.5, 0.6) is 5.75 Å². The maximum atomic E-state index is 12.4. The van der Waals surface area contributed by atoms with E-state index in [1.54, 1.807) is 0 Å². The SMILES string of the molecule is CCCC(C(=O)OC(C)(C)C)c1ccc(OC(C)OCC)cc1. The van der Waals surface area contributed by atoms with E-state index in [9.17, 15) is 4.79 Å². The van der Waals surface area contributed by atoms with Crippen molar-refractivity contribution in [3.8, 4) is 5.75 Å². The minimum absolute atomic E-state index is 0.171. The number of hydrogen-bond donors (Lipinski definition) is 0. The van der Waals surface area contributed by atoms with Crippen LogP contribution in [0.1, 0.15) is 65.9 Å². The molecule has 130 valence electrons. The molecule has 1 aromatic carbocycles. The molecule has 0 aliphatic carbocycles. The topological polar surface area (TPSA) is 44.8 Å². The van der Waals surface area contributed by atoms with Crippen molar-refractivity contribution in [3.63, 3.8) is 0 Å². The molecule has 0 spiro atoms. The Morgan fingerprint density at radius 2 is 1.74 bits per heavy atom. The molecule has 0 saturated carbocycles. The third-order valence-electron chi connectivity index (χ3n) is 3.25. The van der Waals surface area contributed by atoms with Gasteiger partial charge >= 0.3 is 5.97 Å². The fraction of sp³-hybridized carbons (Fsp3) is 0.632. The van der Waals surface area contributed by atoms with Crippen LogP contribution in [0.25, 0.3) is 0 Å². The van der Waals surface area contributed by atoms with Crippen molar-refractivity contribution >= 4 is 5.97 Å². The Hall–Kier alpha value is -1.55. The standard InChI is InChI=1S/C19H30O4/c1-7-9-17(18(20)23-19(4,5)6)15-10-12-16(13-11-15)22-14(3)21-8-2/h10-14,17H,7-9H2,1-6H3. The third kappa shape index (κ3) is 7.04. The van der Waals surface area contributed by atoms with E-state index in [0.717, 1.165) is 24.2 Å². The molecule has 2 atom stereocenters. The largest absolute Gasteiger partial charge is 0.465 e. The first-order valence-corrected chi connectivity index (χ1v) is 8.38. The monoisotopic (exact) mass is 322 g/mol. The van der Waals surface area contributed by atoms with E-state index < -0.39 is 5.60 Å². The predicted octanol–water partition coefficient (Wildman–Crippen LogP) is 4.67. The molecular formula is C19H30O4. The van der Waals surface area contributed by atoms with Crippen molar-refractivity contribution in [1.29, 1.82) is 0 Å². The molecule has 0 saturated heterocycles. The Morgan fingerprint density at radius 3 is 2.22 bits per heavy atom. The molecular weight excluding hydrogens is 292 g/mol. The van der Waals surface area contributed by atoms with Crippen LogP contribution in [-0.2, 0) is 14.3 Å². The molecule has 1 rings (SSSR count). The van der Waals surface area contributed by atoms with Gasteiger partial charge in [0.15, 0.2) is 6.29 Å². The molecule has 1 aromatic rings. The lowest BCUT2D eigenvalue weighted by Gasteiger charge is -2.24. The lowest BCUT2D eigenvalue weighted by atomic mass is 9.94. The van der Waals surface area contributed by atoms with Crippen LogP contribution in [0.2, 0.25) is 0 Å². The third-order valence-corrected chi connectivity index (χ3v) is 3.25. The molecule has 0 N–H and O–H groups in total. The predicted molar refractivity (Wildman–Crippen MR) is 91.7 cm³/mol. The number of rotatable bonds is 8. The average molecular weight is 322 g/mol. The van der Waals surface area contributed by atoms with Crippen molar-refractivity contribution < 1.29 is 19.0 Å². The van der Waals surface area contributed by atoms with Crippen molar-refractivity contribution in [1.82, 2.24) is 0 Å². The molecule has 23 heavy (non-hydrogen) atoms. The van der Waals surface area contributed by atoms with Gasteiger partial charge < -0.3 is 14.2 Å². The number of benzene rings is 1. The Kier molecular flexibility index (Phi) is 7.56. The first kappa shape index (κ1) is 19.5. The van der Waals surface area contributed by atoms with Crippen LogP contribution < -0.4 is 4.74 Å². The smallest absolute Gasteiger partial charge is 0.313 e. The van der Waals surface area contributed by atoms with E-state index >= 15 is 0 Å². The summed E-state index contributed by atoms with van der Waals surface area (Å²) in [5, 5.41) is 0. The van der Waals surface area contributed by atoms with Gasteiger partial charge in [-0.15, -0.1) is 0 Å². The van der Waals surface area contributed by atoms with Gasteiger partial charge in [-0.1, -0.05) is 25.5 Å². The summed E-state index contributed by atoms with van der Waals surface area (Å²) in [6, 6.07) is 7.60. The normalized spacial score (nSPS) is 14.2. The van der Waals surface area contributed by atoms with Crippen molar-refractivity contribution in [3.05, 3.63) is 29.8 Å². The molecule has 2 unspecified atom stereocenters. The Bertz CT molecular complexity index is 473. The molecule has 0 amide bonds. The molecule has 0 aliphatic heterocycles. The zero-order valence-electron chi connectivity index (χ0n) is 15.2. The summed E-state index contributed by atoms with van der Waals surface area (Å²) in [5.41, 5.74) is 0.483. The summed E-state index contributed by atoms with van der Waals surface area (Å²) in [6.07, 6.45) is 1.40. The Morgan fingerprint density at radius 1 is 1.13 bits per heavy atom. The molecule has 0 aliphatic rings. The highest BCUT2D eigenvalue weighted by Gasteiger charge is 2.26. The van der Waals surface area contributed by atoms with Gasteiger partial charge in [-0.05, 0) is 58.7 Å². The molecule has 0 radical (unpaired) electrons. The lowest BCUT2D eigenvalue weighted by Crippen LogP contribution is -2.27. The first-order chi connectivity index (χ1) is 10.8. The van der Waals surface area contributed by atoms with Gasteiger partial charge in [0.1, 0.15) is 11.4 Å². The van der Waals surface area contributed by atoms with Gasteiger partial charge in [0.25, 0.3) is 0 Å². The van der Waals surface area contributed by atoms with Gasteiger partial charge in [-0.25, -0.2) is 0 Å². The zero-order valence-corrected chi connectivity index (χ0v) is 15.2. The molecule has 0 aromatic heterocycles. The Labute approximate surface area is 140 Å². The number of carbonyl (C=O) groups excluding carboxylic acids is 1. The van der Waals surface area contributed by atoms with Crippen molar-refractivity contribution in [2.24, 2.45) is 0 Å². The van der Waals surface area contributed by atoms with E-state index in [2.05, 4.69) is 6.92 Å². The average Bonchev–Trinajstić information content (AvgIpc) is 2.44. The van der Waals surface area contributed by atoms with Crippen LogP contribution in [0.3, 0.4) is 0 Å². The number of carbonyl (C=O) groups is 1. The minimum Gasteiger partial charge on any atom is -0.465 e. The fourth-order valence-electron chi connectivity index (χ4n) is 2.32. The maximum Gasteiger partial charge on any atom is 0.313 e. The number of ether oxygens (including phenoxy) is 3. The summed E-state index contributed by atoms with van der Waals surface area (Å²) < 4.78 is 16.6. The van der Waals surface area contributed by atoms with Gasteiger partial charge in [0, 0.05) is 6.61 Å². The van der Waals surface area contributed by atoms with Gasteiger partial charge in [-0.2, -0.15) is 0 Å². The molecule has 4 nitrogen and oxygen atoms in total. The van der Waals surface area contributed by atoms with Gasteiger partial charge in [0.2, 0.25) is 0 Å². The van der Waals surface area contributed by atoms with Crippen LogP contribution in [-0.4, -0.2) is 24.5 Å². The van der Waals surface area contributed by atoms with Gasteiger partial charge in [-0.3, -0.25) is 4.79 Å². The van der Waals surface area contributed by atoms with Crippen LogP contribution in [0.15, 0.2) is 24.3 Å². The number of esters is 1. The molecule has 0 bridgehead atoms. The second kappa shape index (κ2) is 8.92. The second-order valence-electron chi connectivity index (χ2n) is 6.58. The molecule has 0 heterocycles. The lowest BCUT2D eigenvalue weighted by molar-refractivity contribution is -0.157. The van der Waals surface area contributed by atoms with E-state index in [4.69, 9.17) is 14.2 Å². The van der Waals surface area contributed by atoms with Crippen LogP contribution in [0, 0.1) is 0 Å². The van der Waals surface area contributed by atoms with Gasteiger partial charge in [0.05, 0.1) is 5.92 Å². The minimum atomic E-state index is -0.473. The summed E-state index contributed by atoms with van der Waals surface area (Å²) >= 11 is 0. The molecule has 0 fully saturated rings. The maximum absolute atomic E-state index is 12.4. The summed E-state index contributed by atoms with van der Waals surface area (Å²) in [7, 11) is 0. The highest BCUT2D eigenvalue weighted by atomic mass is 16.7.